The van der Waals surface area contributed by atoms with Crippen LogP contribution in [0.1, 0.15) is 0 Å². The molecule has 4 aromatic heterocycles. The molecule has 53 heavy (non-hydrogen) atoms. The van der Waals surface area contributed by atoms with Gasteiger partial charge >= 0.3 is 0 Å². The van der Waals surface area contributed by atoms with E-state index in [9.17, 15) is 0 Å². The molecule has 248 valence electrons. The molecule has 0 N–H and O–H groups in total. The third-order valence-corrected chi connectivity index (χ3v) is 10.3. The van der Waals surface area contributed by atoms with Gasteiger partial charge in [-0.25, -0.2) is 4.98 Å². The summed E-state index contributed by atoms with van der Waals surface area (Å²) in [6, 6.07) is 63.6. The largest absolute Gasteiger partial charge is 0.307 e. The lowest BCUT2D eigenvalue weighted by Gasteiger charge is -2.11. The van der Waals surface area contributed by atoms with Gasteiger partial charge in [-0.05, 0) is 48.5 Å². The van der Waals surface area contributed by atoms with Crippen molar-refractivity contribution in [3.8, 4) is 40.1 Å². The van der Waals surface area contributed by atoms with E-state index in [-0.39, 0.29) is 0 Å². The maximum absolute atomic E-state index is 5.20. The van der Waals surface area contributed by atoms with E-state index in [2.05, 4.69) is 159 Å². The van der Waals surface area contributed by atoms with Crippen LogP contribution in [0.25, 0.3) is 94.7 Å². The molecule has 0 aliphatic heterocycles. The number of aromatic nitrogens is 6. The molecule has 11 rings (SSSR count). The van der Waals surface area contributed by atoms with Crippen LogP contribution in [0, 0.1) is 0 Å². The number of para-hydroxylation sites is 4. The van der Waals surface area contributed by atoms with E-state index in [0.717, 1.165) is 60.9 Å². The highest BCUT2D eigenvalue weighted by Gasteiger charge is 2.26. The Balaban J connectivity index is 1.33. The van der Waals surface area contributed by atoms with Gasteiger partial charge in [-0.3, -0.25) is 4.57 Å². The molecule has 0 bridgehead atoms. The van der Waals surface area contributed by atoms with Crippen LogP contribution in [0.3, 0.4) is 0 Å². The van der Waals surface area contributed by atoms with Crippen molar-refractivity contribution < 1.29 is 0 Å². The molecule has 0 saturated heterocycles. The number of hydrogen-bond donors (Lipinski definition) is 0. The second-order valence-corrected chi connectivity index (χ2v) is 13.3. The molecule has 0 aliphatic carbocycles. The number of benzene rings is 7. The van der Waals surface area contributed by atoms with Gasteiger partial charge in [-0.1, -0.05) is 133 Å². The number of hydrogen-bond acceptors (Lipinski definition) is 3. The summed E-state index contributed by atoms with van der Waals surface area (Å²) in [6.07, 6.45) is 0. The highest BCUT2D eigenvalue weighted by atomic mass is 15.2. The van der Waals surface area contributed by atoms with Gasteiger partial charge in [0.25, 0.3) is 0 Å². The monoisotopic (exact) mass is 678 g/mol. The Morgan fingerprint density at radius 2 is 0.736 bits per heavy atom. The SMILES string of the molecule is c1ccc(-c2nc(-c3ccccc3)nc(-n3c4ccccc4c4c5c(ccc43)n(-c3ccccc3)c3c4ccccc4n(-c4ccccc4)c53)n2)cc1. The molecule has 0 amide bonds. The lowest BCUT2D eigenvalue weighted by Crippen LogP contribution is -2.06. The van der Waals surface area contributed by atoms with Crippen molar-refractivity contribution in [1.82, 2.24) is 28.7 Å². The first kappa shape index (κ1) is 29.4. The van der Waals surface area contributed by atoms with Crippen molar-refractivity contribution in [3.05, 3.63) is 182 Å². The summed E-state index contributed by atoms with van der Waals surface area (Å²) < 4.78 is 7.08. The second kappa shape index (κ2) is 11.6. The number of fused-ring (bicyclic) bond motifs is 9. The first-order chi connectivity index (χ1) is 26.3. The molecule has 6 heteroatoms. The smallest absolute Gasteiger partial charge is 0.238 e. The summed E-state index contributed by atoms with van der Waals surface area (Å²) in [5.74, 6) is 1.83. The fourth-order valence-corrected chi connectivity index (χ4v) is 8.08. The third kappa shape index (κ3) is 4.42. The van der Waals surface area contributed by atoms with Crippen LogP contribution in [0.5, 0.6) is 0 Å². The van der Waals surface area contributed by atoms with Gasteiger partial charge in [-0.2, -0.15) is 9.97 Å². The Hall–Kier alpha value is -7.31. The zero-order valence-electron chi connectivity index (χ0n) is 28.5. The van der Waals surface area contributed by atoms with Gasteiger partial charge in [-0.15, -0.1) is 0 Å². The number of nitrogens with zero attached hydrogens (tertiary/aromatic N) is 6. The minimum absolute atomic E-state index is 0.575. The Kier molecular flexibility index (Phi) is 6.45. The molecule has 7 aromatic carbocycles. The van der Waals surface area contributed by atoms with Crippen molar-refractivity contribution in [2.45, 2.75) is 0 Å². The summed E-state index contributed by atoms with van der Waals surface area (Å²) in [5.41, 5.74) is 10.8. The van der Waals surface area contributed by atoms with Crippen LogP contribution in [-0.2, 0) is 0 Å². The van der Waals surface area contributed by atoms with E-state index in [0.29, 0.717) is 17.6 Å². The van der Waals surface area contributed by atoms with Gasteiger partial charge in [0.15, 0.2) is 11.6 Å². The zero-order chi connectivity index (χ0) is 34.9. The molecule has 4 heterocycles. The van der Waals surface area contributed by atoms with E-state index < -0.39 is 0 Å². The molecule has 0 saturated carbocycles. The second-order valence-electron chi connectivity index (χ2n) is 13.3. The van der Waals surface area contributed by atoms with Crippen LogP contribution in [0.4, 0.5) is 0 Å². The van der Waals surface area contributed by atoms with Gasteiger partial charge in [0.2, 0.25) is 5.95 Å². The molecule has 0 aliphatic rings. The summed E-state index contributed by atoms with van der Waals surface area (Å²) in [7, 11) is 0. The van der Waals surface area contributed by atoms with Crippen molar-refractivity contribution in [2.24, 2.45) is 0 Å². The summed E-state index contributed by atoms with van der Waals surface area (Å²) in [6.45, 7) is 0. The van der Waals surface area contributed by atoms with Gasteiger partial charge in [0.1, 0.15) is 0 Å². The molecule has 0 fully saturated rings. The van der Waals surface area contributed by atoms with Crippen LogP contribution in [-0.4, -0.2) is 28.7 Å². The molecule has 11 aromatic rings. The van der Waals surface area contributed by atoms with E-state index in [1.165, 1.54) is 16.3 Å². The van der Waals surface area contributed by atoms with E-state index >= 15 is 0 Å². The van der Waals surface area contributed by atoms with Crippen LogP contribution in [0.15, 0.2) is 182 Å². The lowest BCUT2D eigenvalue weighted by atomic mass is 10.1. The fourth-order valence-electron chi connectivity index (χ4n) is 8.08. The highest BCUT2D eigenvalue weighted by molar-refractivity contribution is 6.31. The van der Waals surface area contributed by atoms with E-state index in [4.69, 9.17) is 15.0 Å². The van der Waals surface area contributed by atoms with Crippen molar-refractivity contribution in [3.63, 3.8) is 0 Å². The first-order valence-electron chi connectivity index (χ1n) is 17.8. The topological polar surface area (TPSA) is 53.5 Å². The minimum Gasteiger partial charge on any atom is -0.307 e. The Labute approximate surface area is 304 Å². The number of rotatable bonds is 5. The van der Waals surface area contributed by atoms with Gasteiger partial charge in [0.05, 0.1) is 33.1 Å². The fraction of sp³-hybridized carbons (Fsp3) is 0. The zero-order valence-corrected chi connectivity index (χ0v) is 28.5. The highest BCUT2D eigenvalue weighted by Crippen LogP contribution is 2.46. The minimum atomic E-state index is 0.575. The Morgan fingerprint density at radius 3 is 1.30 bits per heavy atom. The molecule has 0 unspecified atom stereocenters. The van der Waals surface area contributed by atoms with Crippen LogP contribution < -0.4 is 0 Å². The van der Waals surface area contributed by atoms with Crippen molar-refractivity contribution in [1.29, 1.82) is 0 Å². The molecule has 6 nitrogen and oxygen atoms in total. The van der Waals surface area contributed by atoms with Crippen LogP contribution >= 0.6 is 0 Å². The van der Waals surface area contributed by atoms with Gasteiger partial charge in [0, 0.05) is 44.0 Å². The quantitative estimate of drug-likeness (QED) is 0.182. The first-order valence-corrected chi connectivity index (χ1v) is 17.8. The average Bonchev–Trinajstić information content (AvgIpc) is 3.87. The standard InChI is InChI=1S/C47H30N6/c1-5-17-31(18-6-1)45-48-46(32-19-7-2-8-20-32)50-47(49-45)53-37-27-15-13-25-35(37)41-39(53)29-30-40-42(41)44-43(52(40)34-23-11-4-12-24-34)36-26-14-16-28-38(36)51(44)33-21-9-3-10-22-33/h1-30H. The summed E-state index contributed by atoms with van der Waals surface area (Å²) >= 11 is 0. The van der Waals surface area contributed by atoms with Crippen molar-refractivity contribution >= 4 is 54.6 Å². The maximum atomic E-state index is 5.20. The normalized spacial score (nSPS) is 11.8. The Morgan fingerprint density at radius 1 is 0.302 bits per heavy atom. The van der Waals surface area contributed by atoms with E-state index in [1.54, 1.807) is 0 Å². The predicted octanol–water partition coefficient (Wildman–Crippen LogP) is 11.3. The average molecular weight is 679 g/mol. The summed E-state index contributed by atoms with van der Waals surface area (Å²) in [4.78, 5) is 15.4. The summed E-state index contributed by atoms with van der Waals surface area (Å²) in [5, 5.41) is 4.66. The molecule has 0 spiro atoms. The predicted molar refractivity (Wildman–Crippen MR) is 216 cm³/mol. The molecule has 0 atom stereocenters. The van der Waals surface area contributed by atoms with Crippen molar-refractivity contribution in [2.75, 3.05) is 0 Å². The molecule has 0 radical (unpaired) electrons. The lowest BCUT2D eigenvalue weighted by molar-refractivity contribution is 0.953. The molecular weight excluding hydrogens is 649 g/mol. The Bertz CT molecular complexity index is 3050. The van der Waals surface area contributed by atoms with Gasteiger partial charge < -0.3 is 9.13 Å². The third-order valence-electron chi connectivity index (χ3n) is 10.3. The van der Waals surface area contributed by atoms with E-state index in [1.807, 2.05) is 36.4 Å². The van der Waals surface area contributed by atoms with Crippen LogP contribution in [0.2, 0.25) is 0 Å². The maximum Gasteiger partial charge on any atom is 0.238 e. The molecular formula is C47H30N6.